The molecule has 4 heteroatoms. The molecule has 0 aliphatic rings. The smallest absolute Gasteiger partial charge is 0.165 e. The number of nitrogen functional groups attached to an aromatic ring is 1. The van der Waals surface area contributed by atoms with Crippen LogP contribution in [-0.4, -0.2) is 15.0 Å². The SMILES string of the molecule is CC(C)CCCCCn1ncc(N)n1. The number of aromatic nitrogens is 3. The van der Waals surface area contributed by atoms with E-state index in [0.29, 0.717) is 5.82 Å². The van der Waals surface area contributed by atoms with Crippen LogP contribution in [0.5, 0.6) is 0 Å². The van der Waals surface area contributed by atoms with Crippen LogP contribution in [0.2, 0.25) is 0 Å². The zero-order chi connectivity index (χ0) is 10.4. The van der Waals surface area contributed by atoms with Crippen molar-refractivity contribution in [3.05, 3.63) is 6.20 Å². The molecule has 0 atom stereocenters. The van der Waals surface area contributed by atoms with Gasteiger partial charge in [-0.15, -0.1) is 5.10 Å². The lowest BCUT2D eigenvalue weighted by molar-refractivity contribution is 0.467. The first-order chi connectivity index (χ1) is 6.68. The maximum absolute atomic E-state index is 5.45. The quantitative estimate of drug-likeness (QED) is 0.709. The molecule has 0 radical (unpaired) electrons. The Hall–Kier alpha value is -1.06. The highest BCUT2D eigenvalue weighted by Crippen LogP contribution is 2.08. The van der Waals surface area contributed by atoms with E-state index in [1.807, 2.05) is 0 Å². The topological polar surface area (TPSA) is 56.7 Å². The van der Waals surface area contributed by atoms with E-state index in [1.165, 1.54) is 19.3 Å². The molecule has 0 aromatic carbocycles. The Morgan fingerprint density at radius 2 is 2.14 bits per heavy atom. The largest absolute Gasteiger partial charge is 0.381 e. The molecule has 0 saturated carbocycles. The molecule has 0 saturated heterocycles. The summed E-state index contributed by atoms with van der Waals surface area (Å²) in [5.74, 6) is 1.32. The molecule has 2 N–H and O–H groups in total. The number of aryl methyl sites for hydroxylation is 1. The third-order valence-corrected chi connectivity index (χ3v) is 2.19. The summed E-state index contributed by atoms with van der Waals surface area (Å²) in [6, 6.07) is 0. The van der Waals surface area contributed by atoms with Crippen LogP contribution in [0.3, 0.4) is 0 Å². The molecule has 1 aromatic heterocycles. The zero-order valence-corrected chi connectivity index (χ0v) is 9.11. The summed E-state index contributed by atoms with van der Waals surface area (Å²) in [5, 5.41) is 8.06. The van der Waals surface area contributed by atoms with Gasteiger partial charge >= 0.3 is 0 Å². The van der Waals surface area contributed by atoms with E-state index in [-0.39, 0.29) is 0 Å². The molecule has 0 bridgehead atoms. The van der Waals surface area contributed by atoms with Crippen LogP contribution < -0.4 is 5.73 Å². The van der Waals surface area contributed by atoms with Crippen molar-refractivity contribution in [2.45, 2.75) is 46.1 Å². The first kappa shape index (κ1) is 11.0. The fraction of sp³-hybridized carbons (Fsp3) is 0.800. The second-order valence-electron chi connectivity index (χ2n) is 4.11. The molecule has 0 fully saturated rings. The normalized spacial score (nSPS) is 11.1. The Morgan fingerprint density at radius 1 is 1.36 bits per heavy atom. The minimum absolute atomic E-state index is 0.507. The molecular formula is C10H20N4. The fourth-order valence-electron chi connectivity index (χ4n) is 1.40. The van der Waals surface area contributed by atoms with Crippen molar-refractivity contribution in [3.8, 4) is 0 Å². The number of hydrogen-bond acceptors (Lipinski definition) is 3. The number of nitrogens with zero attached hydrogens (tertiary/aromatic N) is 3. The predicted octanol–water partition coefficient (Wildman–Crippen LogP) is 2.08. The van der Waals surface area contributed by atoms with Crippen LogP contribution in [0.25, 0.3) is 0 Å². The van der Waals surface area contributed by atoms with Gasteiger partial charge in [0.1, 0.15) is 0 Å². The lowest BCUT2D eigenvalue weighted by atomic mass is 10.1. The summed E-state index contributed by atoms with van der Waals surface area (Å²) in [6.07, 6.45) is 6.59. The van der Waals surface area contributed by atoms with E-state index >= 15 is 0 Å². The first-order valence-electron chi connectivity index (χ1n) is 5.34. The van der Waals surface area contributed by atoms with Crippen LogP contribution in [0.4, 0.5) is 5.82 Å². The standard InChI is InChI=1S/C10H20N4/c1-9(2)6-4-3-5-7-14-12-8-10(11)13-14/h8-9H,3-7H2,1-2H3,(H2,11,13). The van der Waals surface area contributed by atoms with Gasteiger partial charge in [0, 0.05) is 0 Å². The highest BCUT2D eigenvalue weighted by molar-refractivity contribution is 5.19. The Morgan fingerprint density at radius 3 is 2.71 bits per heavy atom. The lowest BCUT2D eigenvalue weighted by Gasteiger charge is -2.03. The molecule has 1 heterocycles. The van der Waals surface area contributed by atoms with Crippen LogP contribution >= 0.6 is 0 Å². The summed E-state index contributed by atoms with van der Waals surface area (Å²) >= 11 is 0. The molecular weight excluding hydrogens is 176 g/mol. The van der Waals surface area contributed by atoms with Gasteiger partial charge in [0.2, 0.25) is 0 Å². The second kappa shape index (κ2) is 5.62. The van der Waals surface area contributed by atoms with Crippen molar-refractivity contribution in [2.75, 3.05) is 5.73 Å². The van der Waals surface area contributed by atoms with E-state index in [1.54, 1.807) is 11.0 Å². The molecule has 0 amide bonds. The summed E-state index contributed by atoms with van der Waals surface area (Å²) in [4.78, 5) is 1.67. The number of anilines is 1. The molecule has 80 valence electrons. The first-order valence-corrected chi connectivity index (χ1v) is 5.34. The molecule has 0 unspecified atom stereocenters. The van der Waals surface area contributed by atoms with Gasteiger partial charge in [0.05, 0.1) is 12.7 Å². The number of nitrogens with two attached hydrogens (primary N) is 1. The highest BCUT2D eigenvalue weighted by atomic mass is 15.5. The maximum Gasteiger partial charge on any atom is 0.165 e. The number of unbranched alkanes of at least 4 members (excludes halogenated alkanes) is 2. The summed E-state index contributed by atoms with van der Waals surface area (Å²) in [7, 11) is 0. The fourth-order valence-corrected chi connectivity index (χ4v) is 1.40. The monoisotopic (exact) mass is 196 g/mol. The van der Waals surface area contributed by atoms with Crippen LogP contribution in [0.1, 0.15) is 39.5 Å². The van der Waals surface area contributed by atoms with Gasteiger partial charge in [-0.1, -0.05) is 33.1 Å². The van der Waals surface area contributed by atoms with Crippen LogP contribution in [0.15, 0.2) is 6.20 Å². The van der Waals surface area contributed by atoms with E-state index in [4.69, 9.17) is 5.73 Å². The molecule has 0 aliphatic carbocycles. The van der Waals surface area contributed by atoms with Crippen molar-refractivity contribution < 1.29 is 0 Å². The van der Waals surface area contributed by atoms with Gasteiger partial charge in [-0.3, -0.25) is 0 Å². The van der Waals surface area contributed by atoms with Gasteiger partial charge in [0.25, 0.3) is 0 Å². The van der Waals surface area contributed by atoms with E-state index in [9.17, 15) is 0 Å². The van der Waals surface area contributed by atoms with Gasteiger partial charge < -0.3 is 5.73 Å². The summed E-state index contributed by atoms with van der Waals surface area (Å²) in [5.41, 5.74) is 5.45. The zero-order valence-electron chi connectivity index (χ0n) is 9.11. The highest BCUT2D eigenvalue weighted by Gasteiger charge is 1.97. The van der Waals surface area contributed by atoms with Crippen molar-refractivity contribution >= 4 is 5.82 Å². The van der Waals surface area contributed by atoms with E-state index < -0.39 is 0 Å². The molecule has 0 aliphatic heterocycles. The van der Waals surface area contributed by atoms with Gasteiger partial charge in [-0.25, -0.2) is 0 Å². The van der Waals surface area contributed by atoms with Crippen LogP contribution in [-0.2, 0) is 6.54 Å². The maximum atomic E-state index is 5.45. The number of hydrogen-bond donors (Lipinski definition) is 1. The van der Waals surface area contributed by atoms with Gasteiger partial charge in [0.15, 0.2) is 5.82 Å². The Bertz CT molecular complexity index is 254. The van der Waals surface area contributed by atoms with Crippen molar-refractivity contribution in [1.29, 1.82) is 0 Å². The molecule has 1 rings (SSSR count). The molecule has 0 spiro atoms. The second-order valence-corrected chi connectivity index (χ2v) is 4.11. The Kier molecular flexibility index (Phi) is 4.43. The Balaban J connectivity index is 2.04. The van der Waals surface area contributed by atoms with Crippen molar-refractivity contribution in [2.24, 2.45) is 5.92 Å². The van der Waals surface area contributed by atoms with E-state index in [2.05, 4.69) is 24.0 Å². The lowest BCUT2D eigenvalue weighted by Crippen LogP contribution is -2.02. The van der Waals surface area contributed by atoms with Crippen molar-refractivity contribution in [1.82, 2.24) is 15.0 Å². The molecule has 14 heavy (non-hydrogen) atoms. The Labute approximate surface area is 85.5 Å². The molecule has 4 nitrogen and oxygen atoms in total. The van der Waals surface area contributed by atoms with Crippen LogP contribution in [0, 0.1) is 5.92 Å². The minimum Gasteiger partial charge on any atom is -0.381 e. The van der Waals surface area contributed by atoms with Gasteiger partial charge in [-0.2, -0.15) is 9.90 Å². The number of rotatable bonds is 6. The average Bonchev–Trinajstić information content (AvgIpc) is 2.50. The average molecular weight is 196 g/mol. The summed E-state index contributed by atoms with van der Waals surface area (Å²) in [6.45, 7) is 5.40. The third kappa shape index (κ3) is 4.25. The predicted molar refractivity (Wildman–Crippen MR) is 57.7 cm³/mol. The van der Waals surface area contributed by atoms with Gasteiger partial charge in [-0.05, 0) is 12.3 Å². The van der Waals surface area contributed by atoms with E-state index in [0.717, 1.165) is 18.9 Å². The minimum atomic E-state index is 0.507. The summed E-state index contributed by atoms with van der Waals surface area (Å²) < 4.78 is 0. The molecule has 1 aromatic rings. The third-order valence-electron chi connectivity index (χ3n) is 2.19. The van der Waals surface area contributed by atoms with Crippen molar-refractivity contribution in [3.63, 3.8) is 0 Å².